The molecule has 0 aliphatic rings. The molecule has 0 atom stereocenters. The van der Waals surface area contributed by atoms with Crippen LogP contribution in [0.5, 0.6) is 5.75 Å². The Morgan fingerprint density at radius 1 is 1.13 bits per heavy atom. The topological polar surface area (TPSA) is 81.5 Å². The number of anilines is 1. The lowest BCUT2D eigenvalue weighted by Gasteiger charge is -2.10. The van der Waals surface area contributed by atoms with E-state index in [4.69, 9.17) is 4.74 Å². The number of carbonyl (C=O) groups is 1. The Bertz CT molecular complexity index is 730. The minimum Gasteiger partial charge on any atom is -0.410 e. The van der Waals surface area contributed by atoms with Crippen LogP contribution in [0, 0.1) is 10.1 Å². The molecule has 1 amide bonds. The van der Waals surface area contributed by atoms with Crippen LogP contribution in [-0.2, 0) is 6.18 Å². The lowest BCUT2D eigenvalue weighted by molar-refractivity contribution is -0.384. The van der Waals surface area contributed by atoms with Crippen molar-refractivity contribution >= 4 is 17.5 Å². The molecule has 0 spiro atoms. The molecule has 0 heterocycles. The van der Waals surface area contributed by atoms with Gasteiger partial charge < -0.3 is 4.74 Å². The summed E-state index contributed by atoms with van der Waals surface area (Å²) in [5, 5.41) is 12.6. The average Bonchev–Trinajstić information content (AvgIpc) is 2.47. The smallest absolute Gasteiger partial charge is 0.410 e. The minimum atomic E-state index is -4.53. The van der Waals surface area contributed by atoms with Gasteiger partial charge >= 0.3 is 12.3 Å². The number of rotatable bonds is 3. The van der Waals surface area contributed by atoms with E-state index in [1.165, 1.54) is 18.2 Å². The first-order valence-corrected chi connectivity index (χ1v) is 6.16. The number of ether oxygens (including phenoxy) is 1. The Hall–Kier alpha value is -3.10. The summed E-state index contributed by atoms with van der Waals surface area (Å²) in [6.07, 6.45) is -5.54. The SMILES string of the molecule is O=C(Nc1cccc(C(F)(F)F)c1)Oc1ccc([N+](=O)[O-])cc1. The van der Waals surface area contributed by atoms with E-state index in [0.29, 0.717) is 0 Å². The maximum absolute atomic E-state index is 12.6. The third kappa shape index (κ3) is 4.43. The zero-order valence-electron chi connectivity index (χ0n) is 11.3. The largest absolute Gasteiger partial charge is 0.417 e. The van der Waals surface area contributed by atoms with Gasteiger partial charge in [0.25, 0.3) is 5.69 Å². The van der Waals surface area contributed by atoms with Crippen LogP contribution in [0.1, 0.15) is 5.56 Å². The van der Waals surface area contributed by atoms with Crippen molar-refractivity contribution in [3.8, 4) is 5.75 Å². The zero-order chi connectivity index (χ0) is 17.0. The van der Waals surface area contributed by atoms with Gasteiger partial charge in [-0.1, -0.05) is 6.07 Å². The van der Waals surface area contributed by atoms with Gasteiger partial charge in [0.05, 0.1) is 10.5 Å². The highest BCUT2D eigenvalue weighted by Gasteiger charge is 2.30. The highest BCUT2D eigenvalue weighted by Crippen LogP contribution is 2.30. The maximum atomic E-state index is 12.6. The van der Waals surface area contributed by atoms with Crippen LogP contribution in [0.25, 0.3) is 0 Å². The summed E-state index contributed by atoms with van der Waals surface area (Å²) in [5.41, 5.74) is -1.19. The molecule has 120 valence electrons. The molecule has 0 unspecified atom stereocenters. The Morgan fingerprint density at radius 3 is 2.35 bits per heavy atom. The number of non-ortho nitro benzene ring substituents is 1. The molecular weight excluding hydrogens is 317 g/mol. The Labute approximate surface area is 127 Å². The van der Waals surface area contributed by atoms with Crippen LogP contribution in [0.3, 0.4) is 0 Å². The normalized spacial score (nSPS) is 10.9. The molecule has 2 aromatic carbocycles. The number of amides is 1. The second kappa shape index (κ2) is 6.34. The Morgan fingerprint density at radius 2 is 1.78 bits per heavy atom. The lowest BCUT2D eigenvalue weighted by atomic mass is 10.2. The standard InChI is InChI=1S/C14H9F3N2O4/c15-14(16,17)9-2-1-3-10(8-9)18-13(20)23-12-6-4-11(5-7-12)19(21)22/h1-8H,(H,18,20). The van der Waals surface area contributed by atoms with Crippen LogP contribution in [0.2, 0.25) is 0 Å². The van der Waals surface area contributed by atoms with Crippen molar-refractivity contribution in [2.75, 3.05) is 5.32 Å². The van der Waals surface area contributed by atoms with Crippen molar-refractivity contribution in [3.63, 3.8) is 0 Å². The van der Waals surface area contributed by atoms with E-state index in [2.05, 4.69) is 5.32 Å². The lowest BCUT2D eigenvalue weighted by Crippen LogP contribution is -2.17. The van der Waals surface area contributed by atoms with E-state index in [-0.39, 0.29) is 17.1 Å². The zero-order valence-corrected chi connectivity index (χ0v) is 11.3. The molecule has 0 radical (unpaired) electrons. The average molecular weight is 326 g/mol. The first-order valence-electron chi connectivity index (χ1n) is 6.16. The molecule has 0 aliphatic carbocycles. The molecule has 1 N–H and O–H groups in total. The Kier molecular flexibility index (Phi) is 4.49. The summed E-state index contributed by atoms with van der Waals surface area (Å²) >= 11 is 0. The number of carbonyl (C=O) groups excluding carboxylic acids is 1. The van der Waals surface area contributed by atoms with Crippen molar-refractivity contribution in [3.05, 3.63) is 64.2 Å². The van der Waals surface area contributed by atoms with E-state index in [0.717, 1.165) is 30.3 Å². The molecule has 23 heavy (non-hydrogen) atoms. The third-order valence-electron chi connectivity index (χ3n) is 2.69. The number of halogens is 3. The summed E-state index contributed by atoms with van der Waals surface area (Å²) in [7, 11) is 0. The fraction of sp³-hybridized carbons (Fsp3) is 0.0714. The number of nitrogens with one attached hydrogen (secondary N) is 1. The van der Waals surface area contributed by atoms with Gasteiger partial charge in [-0.15, -0.1) is 0 Å². The molecule has 2 aromatic rings. The number of nitrogens with zero attached hydrogens (tertiary/aromatic N) is 1. The van der Waals surface area contributed by atoms with Gasteiger partial charge in [0.2, 0.25) is 0 Å². The number of benzene rings is 2. The van der Waals surface area contributed by atoms with Gasteiger partial charge in [0.1, 0.15) is 5.75 Å². The van der Waals surface area contributed by atoms with E-state index < -0.39 is 22.8 Å². The van der Waals surface area contributed by atoms with Crippen molar-refractivity contribution in [2.45, 2.75) is 6.18 Å². The van der Waals surface area contributed by atoms with Crippen LogP contribution in [0.15, 0.2) is 48.5 Å². The van der Waals surface area contributed by atoms with Crippen LogP contribution >= 0.6 is 0 Å². The van der Waals surface area contributed by atoms with E-state index in [1.807, 2.05) is 0 Å². The third-order valence-corrected chi connectivity index (χ3v) is 2.69. The van der Waals surface area contributed by atoms with Crippen molar-refractivity contribution in [1.82, 2.24) is 0 Å². The van der Waals surface area contributed by atoms with Crippen molar-refractivity contribution in [1.29, 1.82) is 0 Å². The molecular formula is C14H9F3N2O4. The second-order valence-electron chi connectivity index (χ2n) is 4.34. The molecule has 0 aromatic heterocycles. The fourth-order valence-electron chi connectivity index (χ4n) is 1.66. The van der Waals surface area contributed by atoms with Gasteiger partial charge in [-0.2, -0.15) is 13.2 Å². The Balaban J connectivity index is 2.03. The minimum absolute atomic E-state index is 0.0140. The molecule has 0 fully saturated rings. The second-order valence-corrected chi connectivity index (χ2v) is 4.34. The number of hydrogen-bond donors (Lipinski definition) is 1. The maximum Gasteiger partial charge on any atom is 0.417 e. The number of hydrogen-bond acceptors (Lipinski definition) is 4. The predicted octanol–water partition coefficient (Wildman–Crippen LogP) is 4.22. The van der Waals surface area contributed by atoms with E-state index >= 15 is 0 Å². The predicted molar refractivity (Wildman–Crippen MR) is 74.2 cm³/mol. The molecule has 0 saturated carbocycles. The molecule has 0 saturated heterocycles. The summed E-state index contributed by atoms with van der Waals surface area (Å²) in [6, 6.07) is 8.70. The monoisotopic (exact) mass is 326 g/mol. The highest BCUT2D eigenvalue weighted by atomic mass is 19.4. The number of nitro groups is 1. The van der Waals surface area contributed by atoms with Crippen LogP contribution < -0.4 is 10.1 Å². The van der Waals surface area contributed by atoms with E-state index in [9.17, 15) is 28.1 Å². The molecule has 9 heteroatoms. The molecule has 6 nitrogen and oxygen atoms in total. The van der Waals surface area contributed by atoms with Gasteiger partial charge in [-0.3, -0.25) is 15.4 Å². The molecule has 2 rings (SSSR count). The van der Waals surface area contributed by atoms with Gasteiger partial charge in [-0.25, -0.2) is 4.79 Å². The van der Waals surface area contributed by atoms with Crippen LogP contribution in [0.4, 0.5) is 29.3 Å². The van der Waals surface area contributed by atoms with Gasteiger partial charge in [0, 0.05) is 17.8 Å². The van der Waals surface area contributed by atoms with Crippen molar-refractivity contribution in [2.24, 2.45) is 0 Å². The van der Waals surface area contributed by atoms with E-state index in [1.54, 1.807) is 0 Å². The van der Waals surface area contributed by atoms with Gasteiger partial charge in [-0.05, 0) is 30.3 Å². The fourth-order valence-corrected chi connectivity index (χ4v) is 1.66. The molecule has 0 aliphatic heterocycles. The summed E-state index contributed by atoms with van der Waals surface area (Å²) < 4.78 is 42.5. The number of alkyl halides is 3. The summed E-state index contributed by atoms with van der Waals surface area (Å²) in [6.45, 7) is 0. The quantitative estimate of drug-likeness (QED) is 0.676. The summed E-state index contributed by atoms with van der Waals surface area (Å²) in [4.78, 5) is 21.5. The van der Waals surface area contributed by atoms with Crippen LogP contribution in [-0.4, -0.2) is 11.0 Å². The first kappa shape index (κ1) is 16.3. The first-order chi connectivity index (χ1) is 10.8. The summed E-state index contributed by atoms with van der Waals surface area (Å²) in [5.74, 6) is 0.0140. The number of nitro benzene ring substituents is 1. The van der Waals surface area contributed by atoms with Crippen molar-refractivity contribution < 1.29 is 27.6 Å². The van der Waals surface area contributed by atoms with Gasteiger partial charge in [0.15, 0.2) is 0 Å². The molecule has 0 bridgehead atoms. The highest BCUT2D eigenvalue weighted by molar-refractivity contribution is 5.86.